The topological polar surface area (TPSA) is 80.4 Å². The molecular weight excluding hydrogens is 182 g/mol. The lowest BCUT2D eigenvalue weighted by atomic mass is 10.1. The van der Waals surface area contributed by atoms with Gasteiger partial charge in [-0.3, -0.25) is 4.79 Å². The van der Waals surface area contributed by atoms with E-state index in [4.69, 9.17) is 10.8 Å². The molecule has 0 rings (SSSR count). The second kappa shape index (κ2) is 7.50. The predicted molar refractivity (Wildman–Crippen MR) is 54.0 cm³/mol. The summed E-state index contributed by atoms with van der Waals surface area (Å²) in [7, 11) is 0. The second-order valence-corrected chi connectivity index (χ2v) is 3.60. The molecular formula is C10H19NO3. The molecule has 4 heteroatoms. The highest BCUT2D eigenvalue weighted by Gasteiger charge is 2.09. The molecule has 0 bridgehead atoms. The zero-order valence-electron chi connectivity index (χ0n) is 8.66. The Morgan fingerprint density at radius 2 is 1.79 bits per heavy atom. The zero-order chi connectivity index (χ0) is 11.0. The van der Waals surface area contributed by atoms with Gasteiger partial charge in [-0.2, -0.15) is 0 Å². The molecule has 0 aromatic heterocycles. The molecule has 0 saturated carbocycles. The van der Waals surface area contributed by atoms with E-state index >= 15 is 0 Å². The predicted octanol–water partition coefficient (Wildman–Crippen LogP) is 1.33. The van der Waals surface area contributed by atoms with Gasteiger partial charge in [0.05, 0.1) is 0 Å². The van der Waals surface area contributed by atoms with Crippen LogP contribution in [0.1, 0.15) is 45.4 Å². The van der Waals surface area contributed by atoms with E-state index in [2.05, 4.69) is 0 Å². The van der Waals surface area contributed by atoms with Crippen LogP contribution in [0.5, 0.6) is 0 Å². The molecule has 4 nitrogen and oxygen atoms in total. The Morgan fingerprint density at radius 1 is 1.21 bits per heavy atom. The van der Waals surface area contributed by atoms with E-state index in [1.54, 1.807) is 6.92 Å². The molecule has 0 fully saturated rings. The summed E-state index contributed by atoms with van der Waals surface area (Å²) in [4.78, 5) is 20.9. The number of carbonyl (C=O) groups is 2. The molecule has 82 valence electrons. The number of carboxylic acids is 1. The molecule has 3 N–H and O–H groups in total. The van der Waals surface area contributed by atoms with Crippen molar-refractivity contribution >= 4 is 11.8 Å². The lowest BCUT2D eigenvalue weighted by Crippen LogP contribution is -2.29. The lowest BCUT2D eigenvalue weighted by Gasteiger charge is -2.05. The van der Waals surface area contributed by atoms with Crippen LogP contribution in [0.3, 0.4) is 0 Å². The molecule has 14 heavy (non-hydrogen) atoms. The molecule has 1 atom stereocenters. The monoisotopic (exact) mass is 201 g/mol. The number of hydrogen-bond donors (Lipinski definition) is 2. The fourth-order valence-electron chi connectivity index (χ4n) is 1.22. The molecule has 0 heterocycles. The Bertz CT molecular complexity index is 192. The van der Waals surface area contributed by atoms with Crippen molar-refractivity contribution in [3.63, 3.8) is 0 Å². The number of carboxylic acid groups (broad SMARTS) is 1. The van der Waals surface area contributed by atoms with Gasteiger partial charge in [0.2, 0.25) is 0 Å². The van der Waals surface area contributed by atoms with Crippen molar-refractivity contribution in [2.45, 2.75) is 51.5 Å². The Morgan fingerprint density at radius 3 is 2.29 bits per heavy atom. The number of hydrogen-bond acceptors (Lipinski definition) is 3. The maximum atomic E-state index is 10.6. The summed E-state index contributed by atoms with van der Waals surface area (Å²) in [5.41, 5.74) is 5.33. The van der Waals surface area contributed by atoms with Gasteiger partial charge in [0.1, 0.15) is 11.8 Å². The lowest BCUT2D eigenvalue weighted by molar-refractivity contribution is -0.138. The number of Topliss-reactive ketones (excluding diaryl/α,β-unsaturated/α-hetero) is 1. The van der Waals surface area contributed by atoms with Crippen molar-refractivity contribution in [1.29, 1.82) is 0 Å². The maximum Gasteiger partial charge on any atom is 0.320 e. The van der Waals surface area contributed by atoms with Crippen LogP contribution < -0.4 is 5.73 Å². The molecule has 0 aliphatic carbocycles. The van der Waals surface area contributed by atoms with E-state index in [-0.39, 0.29) is 5.78 Å². The Balaban J connectivity index is 3.21. The molecule has 0 spiro atoms. The van der Waals surface area contributed by atoms with E-state index in [9.17, 15) is 9.59 Å². The van der Waals surface area contributed by atoms with Gasteiger partial charge in [-0.05, 0) is 19.8 Å². The van der Waals surface area contributed by atoms with Crippen LogP contribution in [-0.4, -0.2) is 22.9 Å². The minimum atomic E-state index is -0.936. The van der Waals surface area contributed by atoms with Gasteiger partial charge in [0, 0.05) is 6.42 Å². The number of carbonyl (C=O) groups excluding carboxylic acids is 1. The standard InChI is InChI=1S/C10H19NO3/c1-8(12)6-4-2-3-5-7-9(11)10(13)14/h9H,2-7,11H2,1H3,(H,13,14). The second-order valence-electron chi connectivity index (χ2n) is 3.60. The number of ketones is 1. The van der Waals surface area contributed by atoms with Gasteiger partial charge in [-0.1, -0.05) is 19.3 Å². The maximum absolute atomic E-state index is 10.6. The van der Waals surface area contributed by atoms with Gasteiger partial charge < -0.3 is 15.6 Å². The number of nitrogens with two attached hydrogens (primary N) is 1. The summed E-state index contributed by atoms with van der Waals surface area (Å²) in [5.74, 6) is -0.721. The van der Waals surface area contributed by atoms with Gasteiger partial charge in [0.25, 0.3) is 0 Å². The quantitative estimate of drug-likeness (QED) is 0.580. The fraction of sp³-hybridized carbons (Fsp3) is 0.800. The Kier molecular flexibility index (Phi) is 7.02. The van der Waals surface area contributed by atoms with Crippen molar-refractivity contribution in [2.75, 3.05) is 0 Å². The number of unbranched alkanes of at least 4 members (excludes halogenated alkanes) is 3. The number of rotatable bonds is 8. The first-order valence-corrected chi connectivity index (χ1v) is 5.02. The highest BCUT2D eigenvalue weighted by molar-refractivity contribution is 5.75. The van der Waals surface area contributed by atoms with Gasteiger partial charge in [-0.15, -0.1) is 0 Å². The Hall–Kier alpha value is -0.900. The largest absolute Gasteiger partial charge is 0.480 e. The van der Waals surface area contributed by atoms with Crippen LogP contribution in [0.4, 0.5) is 0 Å². The first kappa shape index (κ1) is 13.1. The van der Waals surface area contributed by atoms with E-state index in [1.807, 2.05) is 0 Å². The summed E-state index contributed by atoms with van der Waals surface area (Å²) in [6.07, 6.45) is 4.81. The van der Waals surface area contributed by atoms with Gasteiger partial charge in [0.15, 0.2) is 0 Å². The molecule has 0 aliphatic heterocycles. The summed E-state index contributed by atoms with van der Waals surface area (Å²) >= 11 is 0. The van der Waals surface area contributed by atoms with E-state index in [0.29, 0.717) is 12.8 Å². The first-order chi connectivity index (χ1) is 6.54. The fourth-order valence-corrected chi connectivity index (χ4v) is 1.22. The average molecular weight is 201 g/mol. The molecule has 0 aliphatic rings. The summed E-state index contributed by atoms with van der Waals surface area (Å²) < 4.78 is 0. The van der Waals surface area contributed by atoms with Crippen LogP contribution in [-0.2, 0) is 9.59 Å². The normalized spacial score (nSPS) is 12.4. The van der Waals surface area contributed by atoms with Gasteiger partial charge >= 0.3 is 5.97 Å². The summed E-state index contributed by atoms with van der Waals surface area (Å²) in [6.45, 7) is 1.58. The smallest absolute Gasteiger partial charge is 0.320 e. The molecule has 0 aromatic rings. The van der Waals surface area contributed by atoms with Crippen LogP contribution in [0, 0.1) is 0 Å². The minimum absolute atomic E-state index is 0.215. The van der Waals surface area contributed by atoms with Crippen LogP contribution >= 0.6 is 0 Å². The highest BCUT2D eigenvalue weighted by Crippen LogP contribution is 2.06. The van der Waals surface area contributed by atoms with Crippen molar-refractivity contribution in [3.8, 4) is 0 Å². The van der Waals surface area contributed by atoms with Gasteiger partial charge in [-0.25, -0.2) is 0 Å². The molecule has 0 amide bonds. The third kappa shape index (κ3) is 7.73. The van der Waals surface area contributed by atoms with Crippen molar-refractivity contribution < 1.29 is 14.7 Å². The first-order valence-electron chi connectivity index (χ1n) is 5.02. The minimum Gasteiger partial charge on any atom is -0.480 e. The highest BCUT2D eigenvalue weighted by atomic mass is 16.4. The van der Waals surface area contributed by atoms with Crippen molar-refractivity contribution in [2.24, 2.45) is 5.73 Å². The van der Waals surface area contributed by atoms with E-state index < -0.39 is 12.0 Å². The Labute approximate surface area is 84.5 Å². The van der Waals surface area contributed by atoms with Crippen molar-refractivity contribution in [1.82, 2.24) is 0 Å². The SMILES string of the molecule is CC(=O)CCCCCCC(N)C(=O)O. The average Bonchev–Trinajstić information content (AvgIpc) is 2.09. The third-order valence-corrected chi connectivity index (χ3v) is 2.11. The van der Waals surface area contributed by atoms with Crippen LogP contribution in [0.2, 0.25) is 0 Å². The molecule has 0 radical (unpaired) electrons. The summed E-state index contributed by atoms with van der Waals surface area (Å²) in [5, 5.41) is 8.49. The number of aliphatic carboxylic acids is 1. The zero-order valence-corrected chi connectivity index (χ0v) is 8.66. The van der Waals surface area contributed by atoms with Crippen LogP contribution in [0.15, 0.2) is 0 Å². The van der Waals surface area contributed by atoms with Crippen LogP contribution in [0.25, 0.3) is 0 Å². The van der Waals surface area contributed by atoms with E-state index in [0.717, 1.165) is 25.7 Å². The molecule has 1 unspecified atom stereocenters. The van der Waals surface area contributed by atoms with Crippen molar-refractivity contribution in [3.05, 3.63) is 0 Å². The molecule has 0 aromatic carbocycles. The molecule has 0 saturated heterocycles. The van der Waals surface area contributed by atoms with E-state index in [1.165, 1.54) is 0 Å². The summed E-state index contributed by atoms with van der Waals surface area (Å²) in [6, 6.07) is -0.734. The third-order valence-electron chi connectivity index (χ3n) is 2.11.